The monoisotopic (exact) mass is 367 g/mol. The zero-order valence-corrected chi connectivity index (χ0v) is 15.6. The number of urea groups is 1. The number of carbonyl (C=O) groups is 2. The number of benzene rings is 2. The van der Waals surface area contributed by atoms with Crippen molar-refractivity contribution in [3.63, 3.8) is 0 Å². The van der Waals surface area contributed by atoms with Gasteiger partial charge in [0, 0.05) is 13.1 Å². The van der Waals surface area contributed by atoms with Gasteiger partial charge in [0.1, 0.15) is 11.8 Å². The third kappa shape index (κ3) is 4.28. The first-order valence-electron chi connectivity index (χ1n) is 9.11. The molecule has 1 aliphatic heterocycles. The molecule has 2 aromatic rings. The van der Waals surface area contributed by atoms with E-state index in [1.807, 2.05) is 54.6 Å². The molecule has 6 nitrogen and oxygen atoms in total. The Hall–Kier alpha value is -2.86. The van der Waals surface area contributed by atoms with Crippen LogP contribution >= 0.6 is 0 Å². The normalized spacial score (nSPS) is 17.9. The third-order valence-electron chi connectivity index (χ3n) is 4.95. The maximum absolute atomic E-state index is 12.9. The van der Waals surface area contributed by atoms with Crippen LogP contribution in [0.4, 0.5) is 4.79 Å². The summed E-state index contributed by atoms with van der Waals surface area (Å²) in [6.45, 7) is 0.789. The fraction of sp³-hybridized carbons (Fsp3) is 0.333. The van der Waals surface area contributed by atoms with Crippen LogP contribution in [0.1, 0.15) is 36.1 Å². The Morgan fingerprint density at radius 1 is 1.11 bits per heavy atom. The molecule has 0 spiro atoms. The van der Waals surface area contributed by atoms with E-state index in [0.29, 0.717) is 0 Å². The Morgan fingerprint density at radius 2 is 1.81 bits per heavy atom. The molecule has 1 saturated heterocycles. The van der Waals surface area contributed by atoms with Crippen molar-refractivity contribution >= 4 is 11.9 Å². The van der Waals surface area contributed by atoms with Gasteiger partial charge in [0.05, 0.1) is 7.11 Å². The summed E-state index contributed by atoms with van der Waals surface area (Å²) < 4.78 is 5.25. The van der Waals surface area contributed by atoms with E-state index in [0.717, 1.165) is 36.3 Å². The Balaban J connectivity index is 1.92. The number of amides is 3. The third-order valence-corrected chi connectivity index (χ3v) is 4.95. The van der Waals surface area contributed by atoms with E-state index in [1.54, 1.807) is 7.11 Å². The molecule has 0 unspecified atom stereocenters. The van der Waals surface area contributed by atoms with Crippen molar-refractivity contribution in [2.24, 2.45) is 0 Å². The van der Waals surface area contributed by atoms with Crippen LogP contribution in [-0.2, 0) is 4.79 Å². The van der Waals surface area contributed by atoms with Gasteiger partial charge in [0.25, 0.3) is 0 Å². The van der Waals surface area contributed by atoms with E-state index < -0.39 is 12.1 Å². The molecule has 27 heavy (non-hydrogen) atoms. The van der Waals surface area contributed by atoms with Gasteiger partial charge in [0.2, 0.25) is 5.91 Å². The molecule has 3 rings (SSSR count). The van der Waals surface area contributed by atoms with Crippen molar-refractivity contribution in [1.82, 2.24) is 15.5 Å². The van der Waals surface area contributed by atoms with Crippen LogP contribution in [0.5, 0.6) is 5.75 Å². The summed E-state index contributed by atoms with van der Waals surface area (Å²) in [5.74, 6) is 0.487. The van der Waals surface area contributed by atoms with E-state index in [9.17, 15) is 9.59 Å². The minimum Gasteiger partial charge on any atom is -0.497 e. The second-order valence-electron chi connectivity index (χ2n) is 6.55. The molecule has 0 saturated carbocycles. The van der Waals surface area contributed by atoms with Crippen molar-refractivity contribution in [3.05, 3.63) is 65.7 Å². The van der Waals surface area contributed by atoms with Crippen LogP contribution in [0.2, 0.25) is 0 Å². The summed E-state index contributed by atoms with van der Waals surface area (Å²) >= 11 is 0. The molecule has 142 valence electrons. The van der Waals surface area contributed by atoms with Gasteiger partial charge in [-0.15, -0.1) is 0 Å². The van der Waals surface area contributed by atoms with Gasteiger partial charge in [-0.05, 0) is 42.6 Å². The van der Waals surface area contributed by atoms with Crippen molar-refractivity contribution in [3.8, 4) is 5.75 Å². The molecule has 1 fully saturated rings. The zero-order valence-electron chi connectivity index (χ0n) is 15.6. The summed E-state index contributed by atoms with van der Waals surface area (Å²) in [6.07, 6.45) is 1.95. The highest BCUT2D eigenvalue weighted by molar-refractivity contribution is 5.97. The Morgan fingerprint density at radius 3 is 2.44 bits per heavy atom. The molecule has 0 bridgehead atoms. The van der Waals surface area contributed by atoms with Gasteiger partial charge in [-0.2, -0.15) is 0 Å². The molecule has 0 aromatic heterocycles. The number of methoxy groups -OCH3 is 1. The maximum atomic E-state index is 12.9. The predicted octanol–water partition coefficient (Wildman–Crippen LogP) is 3.03. The fourth-order valence-electron chi connectivity index (χ4n) is 3.65. The first kappa shape index (κ1) is 18.9. The van der Waals surface area contributed by atoms with E-state index in [2.05, 4.69) is 15.5 Å². The molecule has 0 aliphatic carbocycles. The second-order valence-corrected chi connectivity index (χ2v) is 6.55. The minimum absolute atomic E-state index is 0.108. The quantitative estimate of drug-likeness (QED) is 0.852. The SMILES string of the molecule is CNC(=O)NC(=O)[C@H](c1ccccc1)N1CCC[C@@H]1c1ccc(OC)cc1. The minimum atomic E-state index is -0.530. The highest BCUT2D eigenvalue weighted by Crippen LogP contribution is 2.39. The number of likely N-dealkylation sites (tertiary alicyclic amines) is 1. The number of imide groups is 1. The molecule has 1 aliphatic rings. The lowest BCUT2D eigenvalue weighted by Crippen LogP contribution is -2.45. The average Bonchev–Trinajstić information content (AvgIpc) is 3.18. The van der Waals surface area contributed by atoms with Crippen molar-refractivity contribution in [2.75, 3.05) is 20.7 Å². The smallest absolute Gasteiger partial charge is 0.321 e. The summed E-state index contributed by atoms with van der Waals surface area (Å²) in [5.41, 5.74) is 2.02. The summed E-state index contributed by atoms with van der Waals surface area (Å²) in [4.78, 5) is 26.8. The van der Waals surface area contributed by atoms with Gasteiger partial charge >= 0.3 is 6.03 Å². The fourth-order valence-corrected chi connectivity index (χ4v) is 3.65. The first-order valence-corrected chi connectivity index (χ1v) is 9.11. The maximum Gasteiger partial charge on any atom is 0.321 e. The van der Waals surface area contributed by atoms with E-state index in [-0.39, 0.29) is 11.9 Å². The van der Waals surface area contributed by atoms with Gasteiger partial charge in [-0.25, -0.2) is 4.79 Å². The van der Waals surface area contributed by atoms with Gasteiger partial charge < -0.3 is 10.1 Å². The molecule has 6 heteroatoms. The average molecular weight is 367 g/mol. The number of ether oxygens (including phenoxy) is 1. The van der Waals surface area contributed by atoms with Crippen molar-refractivity contribution in [1.29, 1.82) is 0 Å². The van der Waals surface area contributed by atoms with Crippen LogP contribution in [0.25, 0.3) is 0 Å². The van der Waals surface area contributed by atoms with E-state index in [1.165, 1.54) is 7.05 Å². The largest absolute Gasteiger partial charge is 0.497 e. The molecule has 3 amide bonds. The summed E-state index contributed by atoms with van der Waals surface area (Å²) in [7, 11) is 3.14. The van der Waals surface area contributed by atoms with Crippen LogP contribution < -0.4 is 15.4 Å². The van der Waals surface area contributed by atoms with Crippen LogP contribution in [-0.4, -0.2) is 37.5 Å². The Bertz CT molecular complexity index is 777. The number of carbonyl (C=O) groups excluding carboxylic acids is 2. The highest BCUT2D eigenvalue weighted by atomic mass is 16.5. The molecule has 0 radical (unpaired) electrons. The van der Waals surface area contributed by atoms with Crippen molar-refractivity contribution < 1.29 is 14.3 Å². The molecule has 1 heterocycles. The number of hydrogen-bond acceptors (Lipinski definition) is 4. The lowest BCUT2D eigenvalue weighted by Gasteiger charge is -2.32. The first-order chi connectivity index (χ1) is 13.1. The van der Waals surface area contributed by atoms with Crippen molar-refractivity contribution in [2.45, 2.75) is 24.9 Å². The zero-order chi connectivity index (χ0) is 19.2. The van der Waals surface area contributed by atoms with Gasteiger partial charge in [-0.1, -0.05) is 42.5 Å². The van der Waals surface area contributed by atoms with Gasteiger partial charge in [0.15, 0.2) is 0 Å². The number of rotatable bonds is 5. The van der Waals surface area contributed by atoms with Crippen LogP contribution in [0, 0.1) is 0 Å². The lowest BCUT2D eigenvalue weighted by atomic mass is 9.99. The molecule has 2 aromatic carbocycles. The summed E-state index contributed by atoms with van der Waals surface area (Å²) in [6, 6.07) is 16.6. The molecule has 2 atom stereocenters. The number of hydrogen-bond donors (Lipinski definition) is 2. The molecule has 2 N–H and O–H groups in total. The molecular weight excluding hydrogens is 342 g/mol. The number of nitrogens with zero attached hydrogens (tertiary/aromatic N) is 1. The highest BCUT2D eigenvalue weighted by Gasteiger charge is 2.37. The lowest BCUT2D eigenvalue weighted by molar-refractivity contribution is -0.126. The Labute approximate surface area is 159 Å². The van der Waals surface area contributed by atoms with E-state index >= 15 is 0 Å². The Kier molecular flexibility index (Phi) is 6.08. The predicted molar refractivity (Wildman–Crippen MR) is 103 cm³/mol. The van der Waals surface area contributed by atoms with E-state index in [4.69, 9.17) is 4.74 Å². The van der Waals surface area contributed by atoms with Crippen LogP contribution in [0.3, 0.4) is 0 Å². The van der Waals surface area contributed by atoms with Crippen LogP contribution in [0.15, 0.2) is 54.6 Å². The number of nitrogens with one attached hydrogen (secondary N) is 2. The van der Waals surface area contributed by atoms with Gasteiger partial charge in [-0.3, -0.25) is 15.0 Å². The molecular formula is C21H25N3O3. The summed E-state index contributed by atoms with van der Waals surface area (Å²) in [5, 5.41) is 4.89. The second kappa shape index (κ2) is 8.68. The standard InChI is InChI=1S/C21H25N3O3/c1-22-21(26)23-20(25)19(16-7-4-3-5-8-16)24-14-6-9-18(24)15-10-12-17(27-2)13-11-15/h3-5,7-8,10-13,18-19H,6,9,14H2,1-2H3,(H2,22,23,25,26)/t18-,19+/m1/s1. The topological polar surface area (TPSA) is 70.7 Å².